The Bertz CT molecular complexity index is 1760. The molecule has 1 aliphatic carbocycles. The van der Waals surface area contributed by atoms with Crippen LogP contribution >= 0.6 is 0 Å². The molecule has 50 heavy (non-hydrogen) atoms. The zero-order valence-corrected chi connectivity index (χ0v) is 30.4. The maximum atomic E-state index is 15.2. The number of anilines is 1. The van der Waals surface area contributed by atoms with E-state index in [1.165, 1.54) is 12.0 Å². The first kappa shape index (κ1) is 39.5. The van der Waals surface area contributed by atoms with E-state index in [1.54, 1.807) is 19.4 Å². The van der Waals surface area contributed by atoms with E-state index in [0.717, 1.165) is 64.4 Å². The van der Waals surface area contributed by atoms with Crippen LogP contribution in [0.15, 0.2) is 61.0 Å². The fraction of sp³-hybridized carbons (Fsp3) is 0.436. The number of amides is 1. The molecule has 9 nitrogen and oxygen atoms in total. The number of fused-ring (bicyclic) bond motifs is 2. The van der Waals surface area contributed by atoms with Crippen molar-refractivity contribution in [3.8, 4) is 22.9 Å². The Morgan fingerprint density at radius 2 is 1.90 bits per heavy atom. The molecule has 4 aromatic rings. The van der Waals surface area contributed by atoms with Gasteiger partial charge < -0.3 is 25.8 Å². The molecule has 4 N–H and O–H groups in total. The number of nitrogens with two attached hydrogens (primary N) is 1. The highest BCUT2D eigenvalue weighted by molar-refractivity contribution is 5.73. The number of primary amides is 1. The van der Waals surface area contributed by atoms with Gasteiger partial charge in [-0.2, -0.15) is 9.49 Å². The number of nitrogens with one attached hydrogen (secondary N) is 2. The summed E-state index contributed by atoms with van der Waals surface area (Å²) in [5.74, 6) is 0.917. The van der Waals surface area contributed by atoms with Crippen LogP contribution in [0.2, 0.25) is 0 Å². The average molecular weight is 691 g/mol. The predicted octanol–water partition coefficient (Wildman–Crippen LogP) is 8.27. The maximum absolute atomic E-state index is 15.2. The van der Waals surface area contributed by atoms with Gasteiger partial charge in [-0.05, 0) is 92.6 Å². The van der Waals surface area contributed by atoms with Crippen molar-refractivity contribution >= 4 is 17.6 Å². The molecule has 3 aromatic heterocycles. The van der Waals surface area contributed by atoms with Gasteiger partial charge in [0.25, 0.3) is 0 Å². The maximum Gasteiger partial charge on any atom is 0.318 e. The van der Waals surface area contributed by atoms with Gasteiger partial charge in [-0.1, -0.05) is 47.1 Å². The number of benzene rings is 1. The molecule has 1 fully saturated rings. The molecule has 0 saturated heterocycles. The molecule has 0 spiro atoms. The SMILES string of the molecule is C=C=CNCC(c1cc(C)c(CC)c(-c2ccc3c(c2)NC(F)O3)n1)C1(F)CC1.CCC.CCCc1cc2cc(C)cc(OC)n2n1.NC=O. The largest absolute Gasteiger partial charge is 0.481 e. The van der Waals surface area contributed by atoms with Crippen molar-refractivity contribution < 1.29 is 23.0 Å². The van der Waals surface area contributed by atoms with E-state index in [-0.39, 0.29) is 12.3 Å². The standard InChI is InChI=1S/C23H25F2N3O.C12H16N2O.C3H8.CH3NO/c1-4-10-26-13-17(23(25)8-9-23)18-11-14(3)16(5-2)21(27-18)15-6-7-20-19(12-15)28-22(24)29-20;1-4-5-10-8-11-6-9(2)7-12(15-3)14(11)13-10;1-3-2;2-1-3/h6-7,10-12,17,22,26,28H,1,5,8-9,13H2,2-3H3;6-8H,4-5H2,1-3H3;3H2,1-2H3;1H,(H2,2,3). The summed E-state index contributed by atoms with van der Waals surface area (Å²) in [6.07, 6.45) is 7.12. The minimum Gasteiger partial charge on any atom is -0.481 e. The molecular weight excluding hydrogens is 638 g/mol. The molecule has 0 bridgehead atoms. The summed E-state index contributed by atoms with van der Waals surface area (Å²) >= 11 is 0. The molecular formula is C39H52F2N6O3. The quantitative estimate of drug-likeness (QED) is 0.0872. The second kappa shape index (κ2) is 18.8. The third-order valence-corrected chi connectivity index (χ3v) is 8.15. The van der Waals surface area contributed by atoms with Gasteiger partial charge in [0, 0.05) is 30.1 Å². The van der Waals surface area contributed by atoms with Crippen LogP contribution in [0.1, 0.15) is 87.4 Å². The van der Waals surface area contributed by atoms with Crippen LogP contribution in [0.5, 0.6) is 11.6 Å². The number of alkyl halides is 2. The minimum absolute atomic E-state index is 0.250. The fourth-order valence-corrected chi connectivity index (χ4v) is 5.79. The van der Waals surface area contributed by atoms with E-state index in [2.05, 4.69) is 80.5 Å². The van der Waals surface area contributed by atoms with Gasteiger partial charge in [-0.3, -0.25) is 9.78 Å². The van der Waals surface area contributed by atoms with Crippen LogP contribution in [0.4, 0.5) is 14.5 Å². The number of carbonyl (C=O) groups is 1. The van der Waals surface area contributed by atoms with Crippen molar-refractivity contribution in [3.05, 3.63) is 89.1 Å². The monoisotopic (exact) mass is 690 g/mol. The Labute approximate surface area is 295 Å². The summed E-state index contributed by atoms with van der Waals surface area (Å²) in [7, 11) is 1.68. The molecule has 4 heterocycles. The summed E-state index contributed by atoms with van der Waals surface area (Å²) in [5.41, 5.74) is 14.2. The molecule has 1 amide bonds. The van der Waals surface area contributed by atoms with Gasteiger partial charge >= 0.3 is 6.48 Å². The van der Waals surface area contributed by atoms with Gasteiger partial charge in [-0.15, -0.1) is 5.73 Å². The van der Waals surface area contributed by atoms with Crippen LogP contribution in [0, 0.1) is 13.8 Å². The average Bonchev–Trinajstić information content (AvgIpc) is 3.50. The third kappa shape index (κ3) is 10.1. The van der Waals surface area contributed by atoms with Crippen molar-refractivity contribution in [2.24, 2.45) is 5.73 Å². The molecule has 270 valence electrons. The lowest BCUT2D eigenvalue weighted by Crippen LogP contribution is -2.27. The highest BCUT2D eigenvalue weighted by Gasteiger charge is 2.51. The summed E-state index contributed by atoms with van der Waals surface area (Å²) in [6.45, 7) is 15.0. The number of aryl methyl sites for hydroxylation is 3. The number of pyridine rings is 2. The van der Waals surface area contributed by atoms with Crippen molar-refractivity contribution in [2.75, 3.05) is 19.0 Å². The fourth-order valence-electron chi connectivity index (χ4n) is 5.79. The second-order valence-electron chi connectivity index (χ2n) is 12.3. The van der Waals surface area contributed by atoms with Crippen molar-refractivity contribution in [3.63, 3.8) is 0 Å². The zero-order valence-electron chi connectivity index (χ0n) is 30.4. The Morgan fingerprint density at radius 3 is 2.50 bits per heavy atom. The molecule has 1 saturated carbocycles. The Kier molecular flexibility index (Phi) is 14.8. The molecule has 2 atom stereocenters. The number of hydrogen-bond acceptors (Lipinski definition) is 7. The number of carbonyl (C=O) groups excluding carboxylic acids is 1. The van der Waals surface area contributed by atoms with Gasteiger partial charge in [0.1, 0.15) is 11.4 Å². The minimum atomic E-state index is -1.54. The van der Waals surface area contributed by atoms with Crippen LogP contribution in [-0.4, -0.2) is 46.8 Å². The highest BCUT2D eigenvalue weighted by Crippen LogP contribution is 2.51. The predicted molar refractivity (Wildman–Crippen MR) is 197 cm³/mol. The number of aromatic nitrogens is 3. The Balaban J connectivity index is 0.000000269. The Morgan fingerprint density at radius 1 is 1.20 bits per heavy atom. The van der Waals surface area contributed by atoms with Crippen LogP contribution in [0.25, 0.3) is 16.8 Å². The van der Waals surface area contributed by atoms with Crippen LogP contribution in [0.3, 0.4) is 0 Å². The number of nitrogens with zero attached hydrogens (tertiary/aromatic N) is 3. The lowest BCUT2D eigenvalue weighted by atomic mass is 9.92. The normalized spacial score (nSPS) is 15.1. The summed E-state index contributed by atoms with van der Waals surface area (Å²) in [4.78, 5) is 13.5. The van der Waals surface area contributed by atoms with Crippen molar-refractivity contribution in [2.45, 2.75) is 98.1 Å². The second-order valence-corrected chi connectivity index (χ2v) is 12.3. The number of methoxy groups -OCH3 is 1. The van der Waals surface area contributed by atoms with Crippen LogP contribution < -0.4 is 25.8 Å². The number of ether oxygens (including phenoxy) is 2. The summed E-state index contributed by atoms with van der Waals surface area (Å²) < 4.78 is 40.9. The van der Waals surface area contributed by atoms with Gasteiger partial charge in [0.05, 0.1) is 35.6 Å². The molecule has 1 aromatic carbocycles. The first-order chi connectivity index (χ1) is 24.0. The first-order valence-corrected chi connectivity index (χ1v) is 17.2. The lowest BCUT2D eigenvalue weighted by molar-refractivity contribution is -0.106. The molecule has 1 aliphatic heterocycles. The molecule has 6 rings (SSSR count). The third-order valence-electron chi connectivity index (χ3n) is 8.15. The Hall–Kier alpha value is -4.89. The lowest BCUT2D eigenvalue weighted by Gasteiger charge is -2.23. The van der Waals surface area contributed by atoms with Crippen molar-refractivity contribution in [1.82, 2.24) is 19.9 Å². The number of hydrogen-bond donors (Lipinski definition) is 3. The van der Waals surface area contributed by atoms with Gasteiger partial charge in [0.2, 0.25) is 12.3 Å². The van der Waals surface area contributed by atoms with Gasteiger partial charge in [-0.25, -0.2) is 8.91 Å². The van der Waals surface area contributed by atoms with E-state index in [4.69, 9.17) is 19.3 Å². The molecule has 2 unspecified atom stereocenters. The van der Waals surface area contributed by atoms with E-state index in [9.17, 15) is 4.39 Å². The van der Waals surface area contributed by atoms with E-state index >= 15 is 4.39 Å². The number of halogens is 2. The smallest absolute Gasteiger partial charge is 0.318 e. The first-order valence-electron chi connectivity index (χ1n) is 17.2. The topological polar surface area (TPSA) is 116 Å². The van der Waals surface area contributed by atoms with E-state index in [0.29, 0.717) is 30.8 Å². The molecule has 2 aliphatic rings. The molecule has 0 radical (unpaired) electrons. The zero-order chi connectivity index (χ0) is 36.8. The number of rotatable bonds is 10. The highest BCUT2D eigenvalue weighted by atomic mass is 19.2. The van der Waals surface area contributed by atoms with Gasteiger partial charge in [0.15, 0.2) is 0 Å². The summed E-state index contributed by atoms with van der Waals surface area (Å²) in [6, 6.07) is 13.7. The van der Waals surface area contributed by atoms with Crippen LogP contribution in [-0.2, 0) is 17.6 Å². The summed E-state index contributed by atoms with van der Waals surface area (Å²) in [5, 5.41) is 10.2. The van der Waals surface area contributed by atoms with E-state index in [1.807, 2.05) is 35.7 Å². The van der Waals surface area contributed by atoms with E-state index < -0.39 is 12.2 Å². The van der Waals surface area contributed by atoms with Crippen molar-refractivity contribution in [1.29, 1.82) is 0 Å². The molecule has 11 heteroatoms.